The van der Waals surface area contributed by atoms with E-state index in [0.29, 0.717) is 0 Å². The van der Waals surface area contributed by atoms with Gasteiger partial charge < -0.3 is 5.32 Å². The molecular formula is C8H14NOSb. The van der Waals surface area contributed by atoms with Crippen LogP contribution in [0, 0.1) is 0 Å². The number of benzene rings is 1. The van der Waals surface area contributed by atoms with Crippen LogP contribution < -0.4 is 8.83 Å². The zero-order valence-electron chi connectivity index (χ0n) is 6.87. The van der Waals surface area contributed by atoms with Crippen LogP contribution in [-0.2, 0) is 3.02 Å². The van der Waals surface area contributed by atoms with E-state index in [9.17, 15) is 3.02 Å². The van der Waals surface area contributed by atoms with E-state index in [1.54, 1.807) is 0 Å². The molecule has 0 aliphatic rings. The zero-order chi connectivity index (χ0) is 8.53. The minimum absolute atomic E-state index is 1.04. The fourth-order valence-corrected chi connectivity index (χ4v) is 1.61. The van der Waals surface area contributed by atoms with Gasteiger partial charge >= 0.3 is 58.5 Å². The molecule has 11 heavy (non-hydrogen) atoms. The molecule has 1 aromatic carbocycles. The summed E-state index contributed by atoms with van der Waals surface area (Å²) in [5.41, 5.74) is 0. The molecule has 62 valence electrons. The summed E-state index contributed by atoms with van der Waals surface area (Å²) in [7, 11) is 3.75. The molecule has 0 aliphatic heterocycles. The van der Waals surface area contributed by atoms with Crippen LogP contribution in [0.4, 0.5) is 0 Å². The molecule has 0 bridgehead atoms. The Morgan fingerprint density at radius 2 is 1.64 bits per heavy atom. The Morgan fingerprint density at radius 3 is 1.91 bits per heavy atom. The van der Waals surface area contributed by atoms with Crippen LogP contribution >= 0.6 is 0 Å². The maximum atomic E-state index is 10.3. The summed E-state index contributed by atoms with van der Waals surface area (Å²) in [5, 5.41) is 2.75. The van der Waals surface area contributed by atoms with Crippen LogP contribution in [0.25, 0.3) is 0 Å². The van der Waals surface area contributed by atoms with E-state index in [4.69, 9.17) is 0 Å². The molecular weight excluding hydrogens is 248 g/mol. The SMILES string of the molecule is CNC.[O]=[SbH2][c]1ccccc1. The van der Waals surface area contributed by atoms with Crippen LogP contribution in [0.2, 0.25) is 0 Å². The summed E-state index contributed by atoms with van der Waals surface area (Å²) in [4.78, 5) is 0. The quantitative estimate of drug-likeness (QED) is 0.702. The van der Waals surface area contributed by atoms with Crippen molar-refractivity contribution in [2.75, 3.05) is 14.1 Å². The molecule has 0 heterocycles. The third-order valence-corrected chi connectivity index (χ3v) is 2.81. The molecule has 0 atom stereocenters. The fraction of sp³-hybridized carbons (Fsp3) is 0.250. The van der Waals surface area contributed by atoms with E-state index in [1.165, 1.54) is 0 Å². The Morgan fingerprint density at radius 1 is 1.18 bits per heavy atom. The number of rotatable bonds is 1. The minimum atomic E-state index is -1.54. The molecule has 0 radical (unpaired) electrons. The summed E-state index contributed by atoms with van der Waals surface area (Å²) >= 11 is -1.54. The number of hydrogen-bond donors (Lipinski definition) is 1. The van der Waals surface area contributed by atoms with Gasteiger partial charge in [0.25, 0.3) is 0 Å². The average molecular weight is 262 g/mol. The van der Waals surface area contributed by atoms with E-state index < -0.39 is 21.6 Å². The average Bonchev–Trinajstić information content (AvgIpc) is 2.08. The van der Waals surface area contributed by atoms with Gasteiger partial charge in [-0.25, -0.2) is 0 Å². The van der Waals surface area contributed by atoms with Gasteiger partial charge in [-0.3, -0.25) is 0 Å². The van der Waals surface area contributed by atoms with Crippen molar-refractivity contribution in [3.8, 4) is 0 Å². The maximum absolute atomic E-state index is 10.3. The third kappa shape index (κ3) is 6.21. The predicted molar refractivity (Wildman–Crippen MR) is 50.3 cm³/mol. The molecule has 0 saturated carbocycles. The van der Waals surface area contributed by atoms with Gasteiger partial charge in [0.1, 0.15) is 0 Å². The topological polar surface area (TPSA) is 29.1 Å². The molecule has 0 fully saturated rings. The van der Waals surface area contributed by atoms with Crippen LogP contribution in [0.5, 0.6) is 0 Å². The van der Waals surface area contributed by atoms with Crippen molar-refractivity contribution in [2.45, 2.75) is 0 Å². The normalized spacial score (nSPS) is 9.27. The van der Waals surface area contributed by atoms with Crippen molar-refractivity contribution >= 4 is 25.1 Å². The summed E-state index contributed by atoms with van der Waals surface area (Å²) < 4.78 is 11.4. The van der Waals surface area contributed by atoms with Gasteiger partial charge in [-0.2, -0.15) is 0 Å². The Labute approximate surface area is 77.9 Å². The summed E-state index contributed by atoms with van der Waals surface area (Å²) in [6.07, 6.45) is 0. The van der Waals surface area contributed by atoms with Gasteiger partial charge in [-0.15, -0.1) is 0 Å². The summed E-state index contributed by atoms with van der Waals surface area (Å²) in [6.45, 7) is 0. The van der Waals surface area contributed by atoms with Crippen molar-refractivity contribution in [2.24, 2.45) is 0 Å². The molecule has 0 unspecified atom stereocenters. The van der Waals surface area contributed by atoms with Crippen molar-refractivity contribution in [3.63, 3.8) is 0 Å². The standard InChI is InChI=1S/C6H5.C2H7N.O.Sb.2H/c1-2-4-6-5-3-1;1-3-2;;;;/h1-5H;3H,1-2H3;;;;. The van der Waals surface area contributed by atoms with E-state index in [0.717, 1.165) is 3.51 Å². The zero-order valence-corrected chi connectivity index (χ0v) is 10.2. The molecule has 0 aromatic heterocycles. The van der Waals surface area contributed by atoms with Gasteiger partial charge in [-0.1, -0.05) is 0 Å². The van der Waals surface area contributed by atoms with Crippen molar-refractivity contribution in [1.82, 2.24) is 5.32 Å². The molecule has 0 saturated heterocycles. The monoisotopic (exact) mass is 261 g/mol. The van der Waals surface area contributed by atoms with E-state index in [2.05, 4.69) is 5.32 Å². The van der Waals surface area contributed by atoms with Crippen LogP contribution in [0.15, 0.2) is 30.3 Å². The number of nitrogens with one attached hydrogen (secondary N) is 1. The second-order valence-corrected chi connectivity index (χ2v) is 4.60. The van der Waals surface area contributed by atoms with Crippen molar-refractivity contribution < 1.29 is 3.02 Å². The molecule has 1 aromatic rings. The Balaban J connectivity index is 0.000000292. The number of hydrogen-bond acceptors (Lipinski definition) is 2. The van der Waals surface area contributed by atoms with Gasteiger partial charge in [0.05, 0.1) is 0 Å². The first-order valence-electron chi connectivity index (χ1n) is 3.44. The molecule has 0 spiro atoms. The van der Waals surface area contributed by atoms with E-state index in [-0.39, 0.29) is 0 Å². The van der Waals surface area contributed by atoms with Crippen molar-refractivity contribution in [3.05, 3.63) is 30.3 Å². The van der Waals surface area contributed by atoms with E-state index in [1.807, 2.05) is 44.4 Å². The molecule has 0 aliphatic carbocycles. The fourth-order valence-electron chi connectivity index (χ4n) is 0.532. The third-order valence-electron chi connectivity index (χ3n) is 0.936. The van der Waals surface area contributed by atoms with Gasteiger partial charge in [0.2, 0.25) is 0 Å². The Kier molecular flexibility index (Phi) is 7.76. The molecule has 3 heteroatoms. The molecule has 1 N–H and O–H groups in total. The Bertz CT molecular complexity index is 189. The summed E-state index contributed by atoms with van der Waals surface area (Å²) in [5.74, 6) is 0. The second-order valence-electron chi connectivity index (χ2n) is 2.03. The van der Waals surface area contributed by atoms with E-state index >= 15 is 0 Å². The Hall–Kier alpha value is -0.202. The van der Waals surface area contributed by atoms with Gasteiger partial charge in [-0.05, 0) is 14.1 Å². The molecule has 0 amide bonds. The first-order valence-corrected chi connectivity index (χ1v) is 6.43. The van der Waals surface area contributed by atoms with Gasteiger partial charge in [0.15, 0.2) is 0 Å². The van der Waals surface area contributed by atoms with Gasteiger partial charge in [0, 0.05) is 0 Å². The predicted octanol–water partition coefficient (Wildman–Crippen LogP) is -0.338. The van der Waals surface area contributed by atoms with Crippen LogP contribution in [-0.4, -0.2) is 35.7 Å². The first kappa shape index (κ1) is 10.8. The first-order chi connectivity index (χ1) is 5.35. The van der Waals surface area contributed by atoms with Crippen LogP contribution in [0.3, 0.4) is 0 Å². The summed E-state index contributed by atoms with van der Waals surface area (Å²) in [6, 6.07) is 9.59. The molecule has 2 nitrogen and oxygen atoms in total. The second kappa shape index (κ2) is 7.90. The molecule has 1 rings (SSSR count). The van der Waals surface area contributed by atoms with Crippen molar-refractivity contribution in [1.29, 1.82) is 0 Å². The van der Waals surface area contributed by atoms with Crippen LogP contribution in [0.1, 0.15) is 0 Å².